The van der Waals surface area contributed by atoms with Crippen molar-refractivity contribution in [2.24, 2.45) is 5.92 Å². The topological polar surface area (TPSA) is 55.8 Å². The first kappa shape index (κ1) is 24.2. The molecule has 6 heteroatoms. The van der Waals surface area contributed by atoms with Gasteiger partial charge >= 0.3 is 41.5 Å². The number of carbonyl (C=O) groups is 2. The van der Waals surface area contributed by atoms with Crippen molar-refractivity contribution in [3.05, 3.63) is 0 Å². The minimum atomic E-state index is -0.393. The summed E-state index contributed by atoms with van der Waals surface area (Å²) in [6, 6.07) is 0. The van der Waals surface area contributed by atoms with Gasteiger partial charge in [0.2, 0.25) is 0 Å². The van der Waals surface area contributed by atoms with Crippen molar-refractivity contribution >= 4 is 11.9 Å². The van der Waals surface area contributed by atoms with Crippen LogP contribution in [0.25, 0.3) is 0 Å². The molecule has 0 aliphatic carbocycles. The van der Waals surface area contributed by atoms with E-state index in [-0.39, 0.29) is 43.8 Å². The van der Waals surface area contributed by atoms with Gasteiger partial charge in [-0.3, -0.25) is 9.59 Å². The zero-order valence-corrected chi connectivity index (χ0v) is 17.0. The molecule has 0 bridgehead atoms. The summed E-state index contributed by atoms with van der Waals surface area (Å²) in [5, 5.41) is 1.03. The minimum absolute atomic E-state index is 0. The molecule has 0 spiro atoms. The first-order chi connectivity index (χ1) is 9.99. The molecule has 0 aromatic rings. The second-order valence-electron chi connectivity index (χ2n) is 5.64. The first-order valence-electron chi connectivity index (χ1n) is 8.18. The third-order valence-electron chi connectivity index (χ3n) is 3.11. The molecule has 22 heavy (non-hydrogen) atoms. The molecule has 0 saturated heterocycles. The smallest absolute Gasteiger partial charge is 1.00 e. The number of unbranched alkanes of at least 4 members (excludes halogenated alkanes) is 4. The summed E-state index contributed by atoms with van der Waals surface area (Å²) in [6.07, 6.45) is 7.32. The molecule has 0 fully saturated rings. The van der Waals surface area contributed by atoms with Crippen molar-refractivity contribution in [1.82, 2.24) is 5.23 Å². The fraction of sp³-hybridized carbons (Fsp3) is 0.875. The fourth-order valence-corrected chi connectivity index (χ4v) is 1.79. The van der Waals surface area contributed by atoms with Crippen LogP contribution in [0.3, 0.4) is 0 Å². The summed E-state index contributed by atoms with van der Waals surface area (Å²) in [7, 11) is 0. The van der Waals surface area contributed by atoms with Crippen LogP contribution in [-0.4, -0.2) is 23.7 Å². The normalized spacial score (nSPS) is 10.5. The Labute approximate surface area is 158 Å². The molecule has 0 saturated carbocycles. The van der Waals surface area contributed by atoms with Gasteiger partial charge in [-0.1, -0.05) is 59.8 Å². The maximum Gasteiger partial charge on any atom is 1.00 e. The zero-order chi connectivity index (χ0) is 16.1. The summed E-state index contributed by atoms with van der Waals surface area (Å²) in [5.41, 5.74) is 0. The number of rotatable bonds is 12. The number of hydrogen-bond donors (Lipinski definition) is 0. The molecule has 0 atom stereocenters. The van der Waals surface area contributed by atoms with Crippen LogP contribution >= 0.6 is 0 Å². The Balaban J connectivity index is -0.00000200. The van der Waals surface area contributed by atoms with Crippen molar-refractivity contribution in [1.29, 1.82) is 0 Å². The summed E-state index contributed by atoms with van der Waals surface area (Å²) in [6.45, 7) is 8.32. The number of nitrogens with zero attached hydrogens (tertiary/aromatic N) is 1. The number of carbonyl (C=O) groups excluding carboxylic acids is 2. The Bertz CT molecular complexity index is 286. The monoisotopic (exact) mass is 325 g/mol. The van der Waals surface area contributed by atoms with Crippen LogP contribution in [0.2, 0.25) is 0 Å². The molecular weight excluding hydrogens is 293 g/mol. The second kappa shape index (κ2) is 15.8. The predicted octanol–water partition coefficient (Wildman–Crippen LogP) is 1.14. The molecule has 0 rings (SSSR count). The summed E-state index contributed by atoms with van der Waals surface area (Å²) in [5.74, 6) is -0.0194. The van der Waals surface area contributed by atoms with E-state index in [1.807, 2.05) is 0 Å². The Kier molecular flexibility index (Phi) is 17.3. The molecule has 5 nitrogen and oxygen atoms in total. The van der Waals surface area contributed by atoms with Gasteiger partial charge in [0.15, 0.2) is 0 Å². The minimum Gasteiger partial charge on any atom is -1.00 e. The van der Waals surface area contributed by atoms with Crippen molar-refractivity contribution in [3.8, 4) is 0 Å². The zero-order valence-electron chi connectivity index (χ0n) is 16.0. The molecule has 126 valence electrons. The van der Waals surface area contributed by atoms with Crippen molar-refractivity contribution in [2.75, 3.05) is 6.54 Å². The molecule has 0 N–H and O–H groups in total. The van der Waals surface area contributed by atoms with Crippen LogP contribution in [0.15, 0.2) is 0 Å². The molecule has 0 radical (unpaired) electrons. The van der Waals surface area contributed by atoms with Crippen molar-refractivity contribution in [2.45, 2.75) is 79.1 Å². The van der Waals surface area contributed by atoms with Crippen LogP contribution in [0.5, 0.6) is 0 Å². The van der Waals surface area contributed by atoms with Crippen LogP contribution in [0.4, 0.5) is 0 Å². The molecule has 0 unspecified atom stereocenters. The average Bonchev–Trinajstić information content (AvgIpc) is 2.45. The van der Waals surface area contributed by atoms with Crippen LogP contribution in [0.1, 0.15) is 80.5 Å². The standard InChI is InChI=1S/C16H31NO4.Na.H/c1-5-15(18)20-17(21-16(19)6-2)13-11-9-7-8-10-12-14(3)4;;/h14H,5-13H2,1-4H3;;/q;+1;-1. The van der Waals surface area contributed by atoms with E-state index in [0.717, 1.165) is 30.4 Å². The summed E-state index contributed by atoms with van der Waals surface area (Å²) >= 11 is 0. The SMILES string of the molecule is CCC(=O)ON(CCCCCCCC(C)C)OC(=O)CC.[H-].[Na+]. The van der Waals surface area contributed by atoms with E-state index in [1.54, 1.807) is 13.8 Å². The van der Waals surface area contributed by atoms with Crippen molar-refractivity contribution in [3.63, 3.8) is 0 Å². The Hall–Kier alpha value is -0.100. The Morgan fingerprint density at radius 2 is 1.36 bits per heavy atom. The molecule has 0 aliphatic rings. The van der Waals surface area contributed by atoms with Gasteiger partial charge < -0.3 is 11.1 Å². The van der Waals surface area contributed by atoms with E-state index in [2.05, 4.69) is 13.8 Å². The quantitative estimate of drug-likeness (QED) is 0.306. The van der Waals surface area contributed by atoms with Gasteiger partial charge in [-0.05, 0) is 12.3 Å². The van der Waals surface area contributed by atoms with Gasteiger partial charge in [-0.15, -0.1) is 0 Å². The molecule has 0 heterocycles. The van der Waals surface area contributed by atoms with E-state index < -0.39 is 11.9 Å². The van der Waals surface area contributed by atoms with Gasteiger partial charge in [0, 0.05) is 18.1 Å². The fourth-order valence-electron chi connectivity index (χ4n) is 1.79. The average molecular weight is 325 g/mol. The molecule has 0 aromatic heterocycles. The third-order valence-corrected chi connectivity index (χ3v) is 3.11. The van der Waals surface area contributed by atoms with Crippen LogP contribution in [-0.2, 0) is 19.3 Å². The maximum atomic E-state index is 11.3. The van der Waals surface area contributed by atoms with Gasteiger partial charge in [0.1, 0.15) is 0 Å². The first-order valence-corrected chi connectivity index (χ1v) is 8.18. The van der Waals surface area contributed by atoms with E-state index in [4.69, 9.17) is 9.68 Å². The third kappa shape index (κ3) is 14.8. The second-order valence-corrected chi connectivity index (χ2v) is 5.64. The van der Waals surface area contributed by atoms with Crippen molar-refractivity contribution < 1.29 is 50.2 Å². The predicted molar refractivity (Wildman–Crippen MR) is 83.1 cm³/mol. The molecular formula is C16H32NNaO4. The molecule has 0 amide bonds. The van der Waals surface area contributed by atoms with Gasteiger partial charge in [-0.25, -0.2) is 0 Å². The van der Waals surface area contributed by atoms with Gasteiger partial charge in [0.25, 0.3) is 0 Å². The number of hydrogen-bond acceptors (Lipinski definition) is 5. The van der Waals surface area contributed by atoms with E-state index in [0.29, 0.717) is 6.54 Å². The van der Waals surface area contributed by atoms with E-state index in [9.17, 15) is 9.59 Å². The van der Waals surface area contributed by atoms with Crippen LogP contribution < -0.4 is 29.6 Å². The molecule has 0 aromatic carbocycles. The summed E-state index contributed by atoms with van der Waals surface area (Å²) in [4.78, 5) is 32.5. The largest absolute Gasteiger partial charge is 1.00 e. The maximum absolute atomic E-state index is 11.3. The Morgan fingerprint density at radius 1 is 0.909 bits per heavy atom. The van der Waals surface area contributed by atoms with Gasteiger partial charge in [-0.2, -0.15) is 0 Å². The van der Waals surface area contributed by atoms with Crippen LogP contribution in [0, 0.1) is 5.92 Å². The molecule has 0 aliphatic heterocycles. The summed E-state index contributed by atoms with van der Waals surface area (Å²) < 4.78 is 0. The van der Waals surface area contributed by atoms with Gasteiger partial charge in [0.05, 0.1) is 6.54 Å². The number of hydroxylamine groups is 2. The van der Waals surface area contributed by atoms with E-state index >= 15 is 0 Å². The van der Waals surface area contributed by atoms with E-state index in [1.165, 1.54) is 19.3 Å². The Morgan fingerprint density at radius 3 is 1.82 bits per heavy atom.